The molecule has 2 unspecified atom stereocenters. The van der Waals surface area contributed by atoms with Gasteiger partial charge in [0.1, 0.15) is 5.75 Å². The van der Waals surface area contributed by atoms with Crippen LogP contribution >= 0.6 is 0 Å². The van der Waals surface area contributed by atoms with Gasteiger partial charge in [-0.2, -0.15) is 0 Å². The van der Waals surface area contributed by atoms with Gasteiger partial charge in [-0.1, -0.05) is 6.92 Å². The molecule has 1 saturated carbocycles. The van der Waals surface area contributed by atoms with E-state index in [-0.39, 0.29) is 0 Å². The molecule has 14 heavy (non-hydrogen) atoms. The largest absolute Gasteiger partial charge is 0.496 e. The van der Waals surface area contributed by atoms with Crippen molar-refractivity contribution in [2.75, 3.05) is 19.5 Å². The van der Waals surface area contributed by atoms with Gasteiger partial charge in [0.25, 0.3) is 0 Å². The van der Waals surface area contributed by atoms with Gasteiger partial charge in [-0.25, -0.2) is 0 Å². The fourth-order valence-corrected chi connectivity index (χ4v) is 1.94. The number of rotatable bonds is 3. The van der Waals surface area contributed by atoms with E-state index < -0.39 is 0 Å². The first-order valence-electron chi connectivity index (χ1n) is 5.12. The zero-order valence-electron chi connectivity index (χ0n) is 9.00. The first kappa shape index (κ1) is 9.38. The summed E-state index contributed by atoms with van der Waals surface area (Å²) in [5.41, 5.74) is 2.52. The smallest absolute Gasteiger partial charge is 0.122 e. The third-order valence-corrected chi connectivity index (χ3v) is 3.03. The molecule has 0 aromatic heterocycles. The summed E-state index contributed by atoms with van der Waals surface area (Å²) in [5.74, 6) is 2.55. The Bertz CT molecular complexity index is 335. The molecule has 1 aliphatic carbocycles. The first-order chi connectivity index (χ1) is 6.76. The molecule has 1 aromatic carbocycles. The van der Waals surface area contributed by atoms with Crippen LogP contribution in [0.5, 0.6) is 5.75 Å². The minimum atomic E-state index is 0.707. The van der Waals surface area contributed by atoms with Crippen molar-refractivity contribution < 1.29 is 4.74 Å². The summed E-state index contributed by atoms with van der Waals surface area (Å²) >= 11 is 0. The van der Waals surface area contributed by atoms with Crippen LogP contribution in [-0.2, 0) is 0 Å². The highest BCUT2D eigenvalue weighted by atomic mass is 16.5. The van der Waals surface area contributed by atoms with Crippen molar-refractivity contribution in [2.24, 2.45) is 5.92 Å². The molecule has 2 rings (SSSR count). The van der Waals surface area contributed by atoms with E-state index in [1.165, 1.54) is 17.7 Å². The average molecular weight is 191 g/mol. The second-order valence-electron chi connectivity index (χ2n) is 4.03. The lowest BCUT2D eigenvalue weighted by atomic mass is 10.1. The Kier molecular flexibility index (Phi) is 2.36. The number of benzene rings is 1. The van der Waals surface area contributed by atoms with Gasteiger partial charge in [0.05, 0.1) is 7.11 Å². The Morgan fingerprint density at radius 2 is 2.14 bits per heavy atom. The minimum absolute atomic E-state index is 0.707. The van der Waals surface area contributed by atoms with Crippen molar-refractivity contribution in [2.45, 2.75) is 19.3 Å². The molecule has 2 nitrogen and oxygen atoms in total. The maximum atomic E-state index is 5.37. The molecule has 0 spiro atoms. The average Bonchev–Trinajstić information content (AvgIpc) is 2.94. The lowest BCUT2D eigenvalue weighted by Crippen LogP contribution is -1.94. The number of nitrogens with one attached hydrogen (secondary N) is 1. The molecule has 1 fully saturated rings. The van der Waals surface area contributed by atoms with Crippen molar-refractivity contribution in [1.29, 1.82) is 0 Å². The van der Waals surface area contributed by atoms with Gasteiger partial charge < -0.3 is 10.1 Å². The SMILES string of the molecule is CNc1ccc(OC)c(C2CC2C)c1. The fourth-order valence-electron chi connectivity index (χ4n) is 1.94. The van der Waals surface area contributed by atoms with E-state index in [1.54, 1.807) is 7.11 Å². The highest BCUT2D eigenvalue weighted by Gasteiger charge is 2.36. The van der Waals surface area contributed by atoms with E-state index in [2.05, 4.69) is 24.4 Å². The zero-order valence-corrected chi connectivity index (χ0v) is 9.00. The summed E-state index contributed by atoms with van der Waals surface area (Å²) in [6, 6.07) is 6.30. The van der Waals surface area contributed by atoms with E-state index in [1.807, 2.05) is 13.1 Å². The van der Waals surface area contributed by atoms with Crippen molar-refractivity contribution in [1.82, 2.24) is 0 Å². The third kappa shape index (κ3) is 1.57. The molecule has 1 aromatic rings. The van der Waals surface area contributed by atoms with Crippen LogP contribution < -0.4 is 10.1 Å². The molecule has 76 valence electrons. The number of methoxy groups -OCH3 is 1. The van der Waals surface area contributed by atoms with Crippen LogP contribution in [0.25, 0.3) is 0 Å². The summed E-state index contributed by atoms with van der Waals surface area (Å²) in [5, 5.41) is 3.16. The van der Waals surface area contributed by atoms with Gasteiger partial charge in [-0.05, 0) is 42.0 Å². The predicted octanol–water partition coefficient (Wildman–Crippen LogP) is 2.86. The fraction of sp³-hybridized carbons (Fsp3) is 0.500. The number of ether oxygens (including phenoxy) is 1. The summed E-state index contributed by atoms with van der Waals surface area (Å²) in [6.07, 6.45) is 1.30. The van der Waals surface area contributed by atoms with Crippen LogP contribution in [0.2, 0.25) is 0 Å². The highest BCUT2D eigenvalue weighted by Crippen LogP contribution is 2.50. The Hall–Kier alpha value is -1.18. The molecule has 2 atom stereocenters. The molecule has 0 bridgehead atoms. The molecule has 0 heterocycles. The quantitative estimate of drug-likeness (QED) is 0.793. The van der Waals surface area contributed by atoms with Gasteiger partial charge in [0, 0.05) is 12.7 Å². The number of anilines is 1. The Labute approximate surface area is 85.3 Å². The first-order valence-corrected chi connectivity index (χ1v) is 5.12. The molecule has 0 amide bonds. The maximum absolute atomic E-state index is 5.37. The minimum Gasteiger partial charge on any atom is -0.496 e. The molecule has 1 aliphatic rings. The van der Waals surface area contributed by atoms with Gasteiger partial charge in [0.15, 0.2) is 0 Å². The topological polar surface area (TPSA) is 21.3 Å². The predicted molar refractivity (Wildman–Crippen MR) is 59.1 cm³/mol. The third-order valence-electron chi connectivity index (χ3n) is 3.03. The molecule has 2 heteroatoms. The number of hydrogen-bond donors (Lipinski definition) is 1. The lowest BCUT2D eigenvalue weighted by molar-refractivity contribution is 0.409. The van der Waals surface area contributed by atoms with E-state index in [0.29, 0.717) is 5.92 Å². The van der Waals surface area contributed by atoms with E-state index in [0.717, 1.165) is 11.7 Å². The summed E-state index contributed by atoms with van der Waals surface area (Å²) < 4.78 is 5.37. The van der Waals surface area contributed by atoms with Gasteiger partial charge >= 0.3 is 0 Å². The molecule has 0 aliphatic heterocycles. The van der Waals surface area contributed by atoms with Crippen LogP contribution in [0.15, 0.2) is 18.2 Å². The molecule has 0 radical (unpaired) electrons. The van der Waals surface area contributed by atoms with Crippen LogP contribution in [0.1, 0.15) is 24.8 Å². The van der Waals surface area contributed by atoms with E-state index in [4.69, 9.17) is 4.74 Å². The van der Waals surface area contributed by atoms with Crippen LogP contribution in [0, 0.1) is 5.92 Å². The van der Waals surface area contributed by atoms with Crippen LogP contribution in [0.3, 0.4) is 0 Å². The van der Waals surface area contributed by atoms with E-state index in [9.17, 15) is 0 Å². The molecular formula is C12H17NO. The van der Waals surface area contributed by atoms with Crippen molar-refractivity contribution >= 4 is 5.69 Å². The summed E-state index contributed by atoms with van der Waals surface area (Å²) in [4.78, 5) is 0. The zero-order chi connectivity index (χ0) is 10.1. The maximum Gasteiger partial charge on any atom is 0.122 e. The summed E-state index contributed by atoms with van der Waals surface area (Å²) in [6.45, 7) is 2.29. The number of hydrogen-bond acceptors (Lipinski definition) is 2. The van der Waals surface area contributed by atoms with Crippen LogP contribution in [0.4, 0.5) is 5.69 Å². The Morgan fingerprint density at radius 1 is 1.43 bits per heavy atom. The van der Waals surface area contributed by atoms with E-state index >= 15 is 0 Å². The Balaban J connectivity index is 2.33. The van der Waals surface area contributed by atoms with Gasteiger partial charge in [0.2, 0.25) is 0 Å². The van der Waals surface area contributed by atoms with Crippen molar-refractivity contribution in [3.8, 4) is 5.75 Å². The standard InChI is InChI=1S/C12H17NO/c1-8-6-10(8)11-7-9(13-2)4-5-12(11)14-3/h4-5,7-8,10,13H,6H2,1-3H3. The van der Waals surface area contributed by atoms with Crippen molar-refractivity contribution in [3.63, 3.8) is 0 Å². The Morgan fingerprint density at radius 3 is 2.64 bits per heavy atom. The summed E-state index contributed by atoms with van der Waals surface area (Å²) in [7, 11) is 3.69. The van der Waals surface area contributed by atoms with Gasteiger partial charge in [-0.15, -0.1) is 0 Å². The van der Waals surface area contributed by atoms with Gasteiger partial charge in [-0.3, -0.25) is 0 Å². The molecular weight excluding hydrogens is 174 g/mol. The monoisotopic (exact) mass is 191 g/mol. The second kappa shape index (κ2) is 3.52. The molecule has 0 saturated heterocycles. The van der Waals surface area contributed by atoms with Crippen LogP contribution in [-0.4, -0.2) is 14.2 Å². The lowest BCUT2D eigenvalue weighted by Gasteiger charge is -2.10. The second-order valence-corrected chi connectivity index (χ2v) is 4.03. The highest BCUT2D eigenvalue weighted by molar-refractivity contribution is 5.53. The molecule has 1 N–H and O–H groups in total. The van der Waals surface area contributed by atoms with Crippen molar-refractivity contribution in [3.05, 3.63) is 23.8 Å². The normalized spacial score (nSPS) is 24.5.